The second kappa shape index (κ2) is 8.44. The van der Waals surface area contributed by atoms with Gasteiger partial charge in [0, 0.05) is 56.2 Å². The summed E-state index contributed by atoms with van der Waals surface area (Å²) in [5.41, 5.74) is 1.77. The second-order valence-electron chi connectivity index (χ2n) is 6.91. The molecule has 2 aromatic heterocycles. The Morgan fingerprint density at radius 3 is 2.71 bits per heavy atom. The number of nitrogens with zero attached hydrogens (tertiary/aromatic N) is 3. The van der Waals surface area contributed by atoms with Crippen LogP contribution in [0.4, 0.5) is 0 Å². The lowest BCUT2D eigenvalue weighted by molar-refractivity contribution is -0.130. The van der Waals surface area contributed by atoms with Crippen molar-refractivity contribution in [3.8, 4) is 0 Å². The van der Waals surface area contributed by atoms with Gasteiger partial charge >= 0.3 is 0 Å². The summed E-state index contributed by atoms with van der Waals surface area (Å²) in [7, 11) is -1.35. The predicted octanol–water partition coefficient (Wildman–Crippen LogP) is 0.774. The molecule has 1 N–H and O–H groups in total. The molecule has 0 saturated heterocycles. The van der Waals surface area contributed by atoms with Gasteiger partial charge in [0.15, 0.2) is 5.82 Å². The fraction of sp³-hybridized carbons (Fsp3) is 0.500. The van der Waals surface area contributed by atoms with Crippen LogP contribution in [0.5, 0.6) is 0 Å². The molecule has 3 heterocycles. The van der Waals surface area contributed by atoms with E-state index in [0.717, 1.165) is 22.5 Å². The number of hydrogen-bond donors (Lipinski definition) is 1. The summed E-state index contributed by atoms with van der Waals surface area (Å²) in [6, 6.07) is 3.91. The molecule has 152 valence electrons. The van der Waals surface area contributed by atoms with E-state index in [9.17, 15) is 18.0 Å². The van der Waals surface area contributed by atoms with Gasteiger partial charge in [-0.15, -0.1) is 11.3 Å². The Balaban J connectivity index is 1.62. The van der Waals surface area contributed by atoms with Gasteiger partial charge in [0.1, 0.15) is 9.84 Å². The molecule has 2 aromatic rings. The molecule has 0 saturated carbocycles. The van der Waals surface area contributed by atoms with E-state index in [0.29, 0.717) is 38.3 Å². The minimum Gasteiger partial charge on any atom is -0.344 e. The summed E-state index contributed by atoms with van der Waals surface area (Å²) in [5.74, 6) is -0.141. The Bertz CT molecular complexity index is 964. The summed E-state index contributed by atoms with van der Waals surface area (Å²) in [6.07, 6.45) is 2.26. The van der Waals surface area contributed by atoms with Gasteiger partial charge in [0.25, 0.3) is 5.91 Å². The topological polar surface area (TPSA) is 101 Å². The summed E-state index contributed by atoms with van der Waals surface area (Å²) in [6.45, 7) is 1.44. The van der Waals surface area contributed by atoms with Gasteiger partial charge in [-0.25, -0.2) is 13.4 Å². The number of hydrogen-bond acceptors (Lipinski definition) is 6. The van der Waals surface area contributed by atoms with Crippen molar-refractivity contribution in [1.82, 2.24) is 19.8 Å². The number of fused-ring (bicyclic) bond motifs is 1. The van der Waals surface area contributed by atoms with E-state index in [-0.39, 0.29) is 24.0 Å². The van der Waals surface area contributed by atoms with Crippen LogP contribution in [0.3, 0.4) is 0 Å². The van der Waals surface area contributed by atoms with Crippen molar-refractivity contribution in [3.63, 3.8) is 0 Å². The molecule has 0 aliphatic carbocycles. The van der Waals surface area contributed by atoms with Crippen LogP contribution in [0.1, 0.15) is 33.3 Å². The molecule has 0 atom stereocenters. The normalized spacial score (nSPS) is 14.4. The van der Waals surface area contributed by atoms with E-state index in [4.69, 9.17) is 0 Å². The SMILES string of the molecule is Cn1c(C(=O)NCc2cccs2)nc2c1CCN(C(=O)CCS(C)(=O)=O)CC2. The average molecular weight is 425 g/mol. The average Bonchev–Trinajstić information content (AvgIpc) is 3.20. The largest absolute Gasteiger partial charge is 0.344 e. The number of sulfone groups is 1. The Kier molecular flexibility index (Phi) is 6.19. The van der Waals surface area contributed by atoms with Crippen molar-refractivity contribution < 1.29 is 18.0 Å². The van der Waals surface area contributed by atoms with Crippen molar-refractivity contribution in [3.05, 3.63) is 39.6 Å². The van der Waals surface area contributed by atoms with Crippen LogP contribution in [0, 0.1) is 0 Å². The Hall–Kier alpha value is -2.20. The van der Waals surface area contributed by atoms with E-state index >= 15 is 0 Å². The van der Waals surface area contributed by atoms with E-state index in [1.54, 1.807) is 20.8 Å². The van der Waals surface area contributed by atoms with Crippen LogP contribution >= 0.6 is 11.3 Å². The van der Waals surface area contributed by atoms with Gasteiger partial charge in [0.2, 0.25) is 5.91 Å². The molecule has 1 aliphatic heterocycles. The molecule has 3 rings (SSSR count). The predicted molar refractivity (Wildman–Crippen MR) is 107 cm³/mol. The molecule has 10 heteroatoms. The molecule has 2 amide bonds. The third kappa shape index (κ3) is 4.99. The van der Waals surface area contributed by atoms with Crippen molar-refractivity contribution in [2.45, 2.75) is 25.8 Å². The summed E-state index contributed by atoms with van der Waals surface area (Å²) >= 11 is 1.59. The molecule has 28 heavy (non-hydrogen) atoms. The first kappa shape index (κ1) is 20.5. The Morgan fingerprint density at radius 2 is 2.04 bits per heavy atom. The zero-order valence-corrected chi connectivity index (χ0v) is 17.6. The first-order chi connectivity index (χ1) is 13.2. The quantitative estimate of drug-likeness (QED) is 0.738. The van der Waals surface area contributed by atoms with Crippen LogP contribution in [-0.2, 0) is 41.1 Å². The number of aromatic nitrogens is 2. The minimum absolute atomic E-state index is 0.00101. The fourth-order valence-corrected chi connectivity index (χ4v) is 4.43. The number of thiophene rings is 1. The molecule has 0 unspecified atom stereocenters. The molecule has 0 spiro atoms. The van der Waals surface area contributed by atoms with Gasteiger partial charge in [-0.3, -0.25) is 9.59 Å². The monoisotopic (exact) mass is 424 g/mol. The Morgan fingerprint density at radius 1 is 1.29 bits per heavy atom. The summed E-state index contributed by atoms with van der Waals surface area (Å²) in [5, 5.41) is 4.86. The number of imidazole rings is 1. The first-order valence-electron chi connectivity index (χ1n) is 9.05. The van der Waals surface area contributed by atoms with Gasteiger partial charge in [-0.05, 0) is 11.4 Å². The molecular weight excluding hydrogens is 400 g/mol. The molecule has 8 nitrogen and oxygen atoms in total. The fourth-order valence-electron chi connectivity index (χ4n) is 3.24. The van der Waals surface area contributed by atoms with Crippen molar-refractivity contribution in [1.29, 1.82) is 0 Å². The van der Waals surface area contributed by atoms with Crippen molar-refractivity contribution in [2.75, 3.05) is 25.1 Å². The standard InChI is InChI=1S/C18H24N4O4S2/c1-21-15-6-9-22(16(23)7-11-28(2,25)26)8-5-14(15)20-17(21)18(24)19-12-13-4-3-10-27-13/h3-4,10H,5-9,11-12H2,1-2H3,(H,19,24). The second-order valence-corrected chi connectivity index (χ2v) is 10.2. The van der Waals surface area contributed by atoms with Crippen LogP contribution in [0.25, 0.3) is 0 Å². The molecule has 0 bridgehead atoms. The van der Waals surface area contributed by atoms with Gasteiger partial charge in [0.05, 0.1) is 18.0 Å². The van der Waals surface area contributed by atoms with E-state index in [1.807, 2.05) is 24.6 Å². The number of amides is 2. The zero-order valence-electron chi connectivity index (χ0n) is 16.0. The van der Waals surface area contributed by atoms with Crippen LogP contribution in [0.2, 0.25) is 0 Å². The van der Waals surface area contributed by atoms with E-state index in [2.05, 4.69) is 10.3 Å². The van der Waals surface area contributed by atoms with Gasteiger partial charge < -0.3 is 14.8 Å². The lowest BCUT2D eigenvalue weighted by Crippen LogP contribution is -2.34. The third-order valence-electron chi connectivity index (χ3n) is 4.78. The highest BCUT2D eigenvalue weighted by Gasteiger charge is 2.25. The third-order valence-corrected chi connectivity index (χ3v) is 6.60. The van der Waals surface area contributed by atoms with Crippen LogP contribution < -0.4 is 5.32 Å². The molecule has 0 radical (unpaired) electrons. The number of rotatable bonds is 6. The van der Waals surface area contributed by atoms with Gasteiger partial charge in [-0.1, -0.05) is 6.07 Å². The highest BCUT2D eigenvalue weighted by Crippen LogP contribution is 2.18. The number of carbonyl (C=O) groups is 2. The van der Waals surface area contributed by atoms with Crippen molar-refractivity contribution in [2.24, 2.45) is 7.05 Å². The van der Waals surface area contributed by atoms with Crippen LogP contribution in [0.15, 0.2) is 17.5 Å². The maximum absolute atomic E-state index is 12.5. The summed E-state index contributed by atoms with van der Waals surface area (Å²) < 4.78 is 24.3. The zero-order chi connectivity index (χ0) is 20.3. The molecular formula is C18H24N4O4S2. The maximum atomic E-state index is 12.5. The molecule has 1 aliphatic rings. The summed E-state index contributed by atoms with van der Waals surface area (Å²) in [4.78, 5) is 32.1. The van der Waals surface area contributed by atoms with E-state index < -0.39 is 9.84 Å². The lowest BCUT2D eigenvalue weighted by atomic mass is 10.2. The number of carbonyl (C=O) groups excluding carboxylic acids is 2. The van der Waals surface area contributed by atoms with E-state index in [1.165, 1.54) is 0 Å². The first-order valence-corrected chi connectivity index (χ1v) is 12.0. The highest BCUT2D eigenvalue weighted by molar-refractivity contribution is 7.90. The van der Waals surface area contributed by atoms with Crippen molar-refractivity contribution >= 4 is 33.0 Å². The molecule has 0 fully saturated rings. The smallest absolute Gasteiger partial charge is 0.287 e. The number of nitrogens with one attached hydrogen (secondary N) is 1. The Labute approximate surface area is 168 Å². The lowest BCUT2D eigenvalue weighted by Gasteiger charge is -2.20. The highest BCUT2D eigenvalue weighted by atomic mass is 32.2. The minimum atomic E-state index is -3.16. The maximum Gasteiger partial charge on any atom is 0.287 e. The molecule has 0 aromatic carbocycles. The van der Waals surface area contributed by atoms with Gasteiger partial charge in [-0.2, -0.15) is 0 Å². The van der Waals surface area contributed by atoms with Crippen LogP contribution in [-0.4, -0.2) is 59.8 Å².